The second-order valence-electron chi connectivity index (χ2n) is 5.03. The molecule has 2 rings (SSSR count). The molecule has 0 radical (unpaired) electrons. The van der Waals surface area contributed by atoms with E-state index in [1.54, 1.807) is 12.1 Å². The molecule has 2 aromatic rings. The van der Waals surface area contributed by atoms with Gasteiger partial charge in [0.1, 0.15) is 5.82 Å². The van der Waals surface area contributed by atoms with Crippen molar-refractivity contribution in [2.45, 2.75) is 20.0 Å². The lowest BCUT2D eigenvalue weighted by Gasteiger charge is -2.14. The number of rotatable bonds is 4. The third kappa shape index (κ3) is 4.53. The minimum absolute atomic E-state index is 0.00283. The van der Waals surface area contributed by atoms with Gasteiger partial charge in [-0.1, -0.05) is 29.3 Å². The summed E-state index contributed by atoms with van der Waals surface area (Å²) in [7, 11) is 0. The number of amides is 1. The molecule has 0 spiro atoms. The Morgan fingerprint density at radius 1 is 1.17 bits per heavy atom. The molecular formula is C17H15ClFNO3. The molecule has 1 atom stereocenters. The van der Waals surface area contributed by atoms with Crippen LogP contribution in [-0.2, 0) is 9.53 Å². The lowest BCUT2D eigenvalue weighted by atomic mass is 10.2. The number of carbonyl (C=O) groups excluding carboxylic acids is 2. The lowest BCUT2D eigenvalue weighted by Crippen LogP contribution is -2.30. The molecule has 0 aliphatic rings. The second-order valence-corrected chi connectivity index (χ2v) is 5.43. The quantitative estimate of drug-likeness (QED) is 0.860. The number of esters is 1. The number of hydrogen-bond donors (Lipinski definition) is 1. The van der Waals surface area contributed by atoms with Gasteiger partial charge in [0.25, 0.3) is 5.91 Å². The molecule has 0 bridgehead atoms. The Kier molecular flexibility index (Phi) is 5.34. The van der Waals surface area contributed by atoms with Gasteiger partial charge in [-0.05, 0) is 44.2 Å². The number of benzene rings is 2. The van der Waals surface area contributed by atoms with E-state index in [0.717, 1.165) is 17.7 Å². The summed E-state index contributed by atoms with van der Waals surface area (Å²) in [6.07, 6.45) is -1.02. The van der Waals surface area contributed by atoms with Crippen LogP contribution in [0.5, 0.6) is 0 Å². The summed E-state index contributed by atoms with van der Waals surface area (Å²) in [6.45, 7) is 3.38. The first-order valence-corrected chi connectivity index (χ1v) is 7.28. The molecule has 0 saturated carbocycles. The molecule has 0 unspecified atom stereocenters. The Bertz CT molecular complexity index is 731. The zero-order valence-electron chi connectivity index (χ0n) is 12.6. The molecule has 6 heteroatoms. The van der Waals surface area contributed by atoms with Crippen LogP contribution in [-0.4, -0.2) is 18.0 Å². The normalized spacial score (nSPS) is 11.7. The average molecular weight is 336 g/mol. The maximum absolute atomic E-state index is 13.0. The van der Waals surface area contributed by atoms with Crippen LogP contribution in [0, 0.1) is 12.7 Å². The minimum Gasteiger partial charge on any atom is -0.449 e. The van der Waals surface area contributed by atoms with Gasteiger partial charge < -0.3 is 10.1 Å². The van der Waals surface area contributed by atoms with Gasteiger partial charge in [-0.15, -0.1) is 0 Å². The van der Waals surface area contributed by atoms with E-state index in [4.69, 9.17) is 16.3 Å². The van der Waals surface area contributed by atoms with Gasteiger partial charge in [0, 0.05) is 5.69 Å². The molecule has 0 heterocycles. The first kappa shape index (κ1) is 17.0. The van der Waals surface area contributed by atoms with Crippen molar-refractivity contribution in [1.29, 1.82) is 0 Å². The first-order valence-electron chi connectivity index (χ1n) is 6.90. The number of anilines is 1. The summed E-state index contributed by atoms with van der Waals surface area (Å²) in [5.74, 6) is -1.82. The Labute approximate surface area is 138 Å². The number of hydrogen-bond acceptors (Lipinski definition) is 3. The molecule has 0 aliphatic carbocycles. The topological polar surface area (TPSA) is 55.4 Å². The van der Waals surface area contributed by atoms with Gasteiger partial charge in [0.2, 0.25) is 0 Å². The predicted molar refractivity (Wildman–Crippen MR) is 86.1 cm³/mol. The van der Waals surface area contributed by atoms with Crippen LogP contribution in [0.1, 0.15) is 22.8 Å². The van der Waals surface area contributed by atoms with Crippen LogP contribution in [0.4, 0.5) is 10.1 Å². The molecule has 0 aromatic heterocycles. The number of halogens is 2. The van der Waals surface area contributed by atoms with E-state index in [-0.39, 0.29) is 10.6 Å². The van der Waals surface area contributed by atoms with Crippen molar-refractivity contribution in [2.75, 3.05) is 5.32 Å². The SMILES string of the molecule is Cc1ccc(NC(=O)[C@H](C)OC(=O)c2ccc(F)cc2Cl)cc1. The van der Waals surface area contributed by atoms with Gasteiger partial charge in [0.05, 0.1) is 10.6 Å². The van der Waals surface area contributed by atoms with Crippen molar-refractivity contribution in [3.8, 4) is 0 Å². The third-order valence-electron chi connectivity index (χ3n) is 3.12. The third-order valence-corrected chi connectivity index (χ3v) is 3.44. The molecule has 2 aromatic carbocycles. The van der Waals surface area contributed by atoms with Gasteiger partial charge in [-0.25, -0.2) is 9.18 Å². The average Bonchev–Trinajstić information content (AvgIpc) is 2.49. The summed E-state index contributed by atoms with van der Waals surface area (Å²) in [5, 5.41) is 2.57. The molecule has 1 N–H and O–H groups in total. The highest BCUT2D eigenvalue weighted by molar-refractivity contribution is 6.33. The molecule has 23 heavy (non-hydrogen) atoms. The fourth-order valence-electron chi connectivity index (χ4n) is 1.81. The largest absolute Gasteiger partial charge is 0.449 e. The minimum atomic E-state index is -1.02. The van der Waals surface area contributed by atoms with E-state index < -0.39 is 23.8 Å². The van der Waals surface area contributed by atoms with Gasteiger partial charge in [-0.2, -0.15) is 0 Å². The fraction of sp³-hybridized carbons (Fsp3) is 0.176. The van der Waals surface area contributed by atoms with Gasteiger partial charge in [-0.3, -0.25) is 4.79 Å². The number of ether oxygens (including phenoxy) is 1. The number of carbonyl (C=O) groups is 2. The van der Waals surface area contributed by atoms with Crippen molar-refractivity contribution in [3.63, 3.8) is 0 Å². The van der Waals surface area contributed by atoms with E-state index in [0.29, 0.717) is 5.69 Å². The smallest absolute Gasteiger partial charge is 0.340 e. The van der Waals surface area contributed by atoms with Crippen LogP contribution in [0.2, 0.25) is 5.02 Å². The van der Waals surface area contributed by atoms with Gasteiger partial charge >= 0.3 is 5.97 Å². The summed E-state index contributed by atoms with van der Waals surface area (Å²) in [6, 6.07) is 10.5. The predicted octanol–water partition coefficient (Wildman–Crippen LogP) is 3.97. The van der Waals surface area contributed by atoms with Crippen LogP contribution in [0.15, 0.2) is 42.5 Å². The fourth-order valence-corrected chi connectivity index (χ4v) is 2.06. The molecular weight excluding hydrogens is 321 g/mol. The maximum atomic E-state index is 13.0. The molecule has 120 valence electrons. The van der Waals surface area contributed by atoms with E-state index in [2.05, 4.69) is 5.32 Å². The van der Waals surface area contributed by atoms with E-state index >= 15 is 0 Å². The molecule has 0 aliphatic heterocycles. The van der Waals surface area contributed by atoms with E-state index in [1.807, 2.05) is 19.1 Å². The summed E-state index contributed by atoms with van der Waals surface area (Å²) >= 11 is 5.79. The Balaban J connectivity index is 2.00. The van der Waals surface area contributed by atoms with Crippen molar-refractivity contribution < 1.29 is 18.7 Å². The summed E-state index contributed by atoms with van der Waals surface area (Å²) in [5.41, 5.74) is 1.67. The standard InChI is InChI=1S/C17H15ClFNO3/c1-10-3-6-13(7-4-10)20-16(21)11(2)23-17(22)14-8-5-12(19)9-15(14)18/h3-9,11H,1-2H3,(H,20,21)/t11-/m0/s1. The van der Waals surface area contributed by atoms with Crippen molar-refractivity contribution in [3.05, 3.63) is 64.4 Å². The van der Waals surface area contributed by atoms with Crippen molar-refractivity contribution >= 4 is 29.2 Å². The zero-order chi connectivity index (χ0) is 17.0. The molecule has 0 saturated heterocycles. The van der Waals surface area contributed by atoms with Crippen LogP contribution in [0.25, 0.3) is 0 Å². The Morgan fingerprint density at radius 2 is 1.83 bits per heavy atom. The van der Waals surface area contributed by atoms with Gasteiger partial charge in [0.15, 0.2) is 6.10 Å². The highest BCUT2D eigenvalue weighted by Gasteiger charge is 2.20. The molecule has 0 fully saturated rings. The van der Waals surface area contributed by atoms with Crippen LogP contribution < -0.4 is 5.32 Å². The maximum Gasteiger partial charge on any atom is 0.340 e. The summed E-state index contributed by atoms with van der Waals surface area (Å²) < 4.78 is 18.0. The highest BCUT2D eigenvalue weighted by Crippen LogP contribution is 2.19. The Morgan fingerprint density at radius 3 is 2.43 bits per heavy atom. The number of aryl methyl sites for hydroxylation is 1. The van der Waals surface area contributed by atoms with E-state index in [9.17, 15) is 14.0 Å². The zero-order valence-corrected chi connectivity index (χ0v) is 13.4. The molecule has 1 amide bonds. The second kappa shape index (κ2) is 7.24. The summed E-state index contributed by atoms with van der Waals surface area (Å²) in [4.78, 5) is 24.0. The lowest BCUT2D eigenvalue weighted by molar-refractivity contribution is -0.123. The first-order chi connectivity index (χ1) is 10.9. The van der Waals surface area contributed by atoms with Crippen molar-refractivity contribution in [2.24, 2.45) is 0 Å². The Hall–Kier alpha value is -2.40. The highest BCUT2D eigenvalue weighted by atomic mass is 35.5. The van der Waals surface area contributed by atoms with Crippen LogP contribution >= 0.6 is 11.6 Å². The van der Waals surface area contributed by atoms with E-state index in [1.165, 1.54) is 13.0 Å². The van der Waals surface area contributed by atoms with Crippen LogP contribution in [0.3, 0.4) is 0 Å². The monoisotopic (exact) mass is 335 g/mol. The number of nitrogens with one attached hydrogen (secondary N) is 1. The molecule has 4 nitrogen and oxygen atoms in total. The van der Waals surface area contributed by atoms with Crippen molar-refractivity contribution in [1.82, 2.24) is 0 Å².